The number of urea groups is 2. The zero-order valence-electron chi connectivity index (χ0n) is 25.7. The molecule has 5 amide bonds. The van der Waals surface area contributed by atoms with Gasteiger partial charge in [-0.05, 0) is 43.4 Å². The minimum atomic E-state index is -0.525. The molecule has 234 valence electrons. The summed E-state index contributed by atoms with van der Waals surface area (Å²) in [5, 5.41) is 20.9. The number of rotatable bonds is 7. The number of carbonyl (C=O) groups is 3. The van der Waals surface area contributed by atoms with Crippen molar-refractivity contribution in [1.29, 1.82) is 0 Å². The van der Waals surface area contributed by atoms with Crippen molar-refractivity contribution >= 4 is 40.1 Å². The summed E-state index contributed by atoms with van der Waals surface area (Å²) >= 11 is 0. The van der Waals surface area contributed by atoms with Gasteiger partial charge in [-0.2, -0.15) is 0 Å². The van der Waals surface area contributed by atoms with E-state index in [1.807, 2.05) is 49.4 Å². The Morgan fingerprint density at radius 1 is 1.00 bits per heavy atom. The summed E-state index contributed by atoms with van der Waals surface area (Å²) in [5.74, 6) is -0.242. The van der Waals surface area contributed by atoms with Crippen molar-refractivity contribution in [3.63, 3.8) is 0 Å². The number of nitrogens with zero attached hydrogens (tertiary/aromatic N) is 2. The highest BCUT2D eigenvalue weighted by atomic mass is 16.5. The Morgan fingerprint density at radius 2 is 1.70 bits per heavy atom. The van der Waals surface area contributed by atoms with Gasteiger partial charge in [0.15, 0.2) is 5.75 Å². The normalized spacial score (nSPS) is 19.6. The van der Waals surface area contributed by atoms with Gasteiger partial charge in [0.05, 0.1) is 36.1 Å². The second kappa shape index (κ2) is 14.0. The van der Waals surface area contributed by atoms with Crippen molar-refractivity contribution in [1.82, 2.24) is 15.1 Å². The monoisotopic (exact) mass is 601 g/mol. The lowest BCUT2D eigenvalue weighted by atomic mass is 9.96. The Labute approximate surface area is 258 Å². The summed E-state index contributed by atoms with van der Waals surface area (Å²) in [6.45, 7) is 4.10. The molecule has 0 unspecified atom stereocenters. The third-order valence-electron chi connectivity index (χ3n) is 8.71. The number of amides is 5. The van der Waals surface area contributed by atoms with Crippen molar-refractivity contribution in [2.24, 2.45) is 5.92 Å². The summed E-state index contributed by atoms with van der Waals surface area (Å²) < 4.78 is 6.57. The number of nitrogens with one attached hydrogen (secondary N) is 3. The first-order chi connectivity index (χ1) is 21.2. The van der Waals surface area contributed by atoms with Gasteiger partial charge < -0.3 is 35.6 Å². The summed E-state index contributed by atoms with van der Waals surface area (Å²) in [7, 11) is 1.71. The highest BCUT2D eigenvalue weighted by molar-refractivity contribution is 6.02. The van der Waals surface area contributed by atoms with Gasteiger partial charge in [0.25, 0.3) is 5.91 Å². The molecule has 1 aliphatic heterocycles. The molecular formula is C34H43N5O5. The zero-order valence-corrected chi connectivity index (χ0v) is 25.7. The van der Waals surface area contributed by atoms with Crippen LogP contribution in [0.3, 0.4) is 0 Å². The lowest BCUT2D eigenvalue weighted by molar-refractivity contribution is 0.0373. The van der Waals surface area contributed by atoms with Crippen LogP contribution in [-0.4, -0.2) is 77.8 Å². The molecule has 44 heavy (non-hydrogen) atoms. The van der Waals surface area contributed by atoms with Crippen LogP contribution in [0.15, 0.2) is 60.7 Å². The molecule has 0 saturated heterocycles. The average molecular weight is 602 g/mol. The Morgan fingerprint density at radius 3 is 2.48 bits per heavy atom. The molecule has 1 heterocycles. The van der Waals surface area contributed by atoms with E-state index in [0.717, 1.165) is 36.5 Å². The van der Waals surface area contributed by atoms with Crippen LogP contribution >= 0.6 is 0 Å². The predicted molar refractivity (Wildman–Crippen MR) is 172 cm³/mol. The predicted octanol–water partition coefficient (Wildman–Crippen LogP) is 5.68. The van der Waals surface area contributed by atoms with E-state index in [9.17, 15) is 19.5 Å². The van der Waals surface area contributed by atoms with E-state index in [-0.39, 0.29) is 48.8 Å². The van der Waals surface area contributed by atoms with Crippen molar-refractivity contribution < 1.29 is 24.2 Å². The van der Waals surface area contributed by atoms with Crippen LogP contribution in [0.2, 0.25) is 0 Å². The molecule has 10 nitrogen and oxygen atoms in total. The number of likely N-dealkylation sites (N-methyl/N-ethyl adjacent to an activating group) is 1. The Kier molecular flexibility index (Phi) is 9.89. The number of ether oxygens (including phenoxy) is 1. The van der Waals surface area contributed by atoms with Crippen molar-refractivity contribution in [3.05, 3.63) is 66.2 Å². The van der Waals surface area contributed by atoms with Crippen molar-refractivity contribution in [2.75, 3.05) is 37.4 Å². The first-order valence-electron chi connectivity index (χ1n) is 15.5. The molecule has 3 aromatic carbocycles. The maximum atomic E-state index is 13.8. The molecule has 10 heteroatoms. The standard InChI is InChI=1S/C34H43N5O5/c1-22-19-39(23(2)21-40)32(41)27-16-10-18-29(36-33(42)35-25-13-5-4-6-14-25)31(27)44-30(22)20-38(3)34(43)37-28-17-9-12-24-11-7-8-15-26(24)28/h7-12,15-18,22-23,25,30,40H,4-6,13-14,19-21H2,1-3H3,(H,37,43)(H2,35,36,42)/t22-,23-,30+/m0/s1. The fourth-order valence-electron chi connectivity index (χ4n) is 6.05. The first-order valence-corrected chi connectivity index (χ1v) is 15.5. The first kappa shape index (κ1) is 31.1. The van der Waals surface area contributed by atoms with Crippen LogP contribution in [0.1, 0.15) is 56.3 Å². The molecule has 1 aliphatic carbocycles. The number of carbonyl (C=O) groups excluding carboxylic acids is 3. The molecule has 0 aromatic heterocycles. The molecule has 4 N–H and O–H groups in total. The lowest BCUT2D eigenvalue weighted by Crippen LogP contribution is -2.50. The number of hydrogen-bond donors (Lipinski definition) is 4. The van der Waals surface area contributed by atoms with Gasteiger partial charge in [0.1, 0.15) is 6.10 Å². The summed E-state index contributed by atoms with van der Waals surface area (Å²) in [5.41, 5.74) is 1.38. The number of benzene rings is 3. The molecule has 2 aliphatic rings. The molecule has 0 radical (unpaired) electrons. The minimum absolute atomic E-state index is 0.111. The van der Waals surface area contributed by atoms with E-state index < -0.39 is 12.1 Å². The largest absolute Gasteiger partial charge is 0.485 e. The van der Waals surface area contributed by atoms with Gasteiger partial charge in [0, 0.05) is 30.9 Å². The second-order valence-electron chi connectivity index (χ2n) is 12.1. The Bertz CT molecular complexity index is 1480. The van der Waals surface area contributed by atoms with Gasteiger partial charge in [-0.15, -0.1) is 0 Å². The van der Waals surface area contributed by atoms with Gasteiger partial charge in [-0.1, -0.05) is 68.7 Å². The topological polar surface area (TPSA) is 123 Å². The second-order valence-corrected chi connectivity index (χ2v) is 12.1. The van der Waals surface area contributed by atoms with Gasteiger partial charge >= 0.3 is 12.1 Å². The molecular weight excluding hydrogens is 558 g/mol. The molecule has 1 fully saturated rings. The maximum absolute atomic E-state index is 13.8. The highest BCUT2D eigenvalue weighted by Crippen LogP contribution is 2.35. The van der Waals surface area contributed by atoms with E-state index in [4.69, 9.17) is 4.74 Å². The zero-order chi connectivity index (χ0) is 31.2. The van der Waals surface area contributed by atoms with Gasteiger partial charge in [-0.3, -0.25) is 4.79 Å². The molecule has 0 bridgehead atoms. The van der Waals surface area contributed by atoms with Crippen LogP contribution < -0.4 is 20.7 Å². The lowest BCUT2D eigenvalue weighted by Gasteiger charge is -2.38. The Balaban J connectivity index is 1.39. The molecule has 0 spiro atoms. The molecule has 5 rings (SSSR count). The van der Waals surface area contributed by atoms with Crippen LogP contribution in [0, 0.1) is 5.92 Å². The SMILES string of the molecule is C[C@H]1CN([C@@H](C)CO)C(=O)c2cccc(NC(=O)NC3CCCCC3)c2O[C@@H]1CN(C)C(=O)Nc1cccc2ccccc12. The van der Waals surface area contributed by atoms with Crippen molar-refractivity contribution in [3.8, 4) is 5.75 Å². The fourth-order valence-corrected chi connectivity index (χ4v) is 6.05. The van der Waals surface area contributed by atoms with Crippen LogP contribution in [0.4, 0.5) is 21.0 Å². The van der Waals surface area contributed by atoms with E-state index >= 15 is 0 Å². The Hall–Kier alpha value is -4.31. The smallest absolute Gasteiger partial charge is 0.321 e. The molecule has 1 saturated carbocycles. The van der Waals surface area contributed by atoms with Crippen LogP contribution in [-0.2, 0) is 0 Å². The van der Waals surface area contributed by atoms with Gasteiger partial charge in [-0.25, -0.2) is 9.59 Å². The van der Waals surface area contributed by atoms with E-state index in [0.29, 0.717) is 23.5 Å². The number of aliphatic hydroxyl groups is 1. The van der Waals surface area contributed by atoms with Crippen LogP contribution in [0.5, 0.6) is 5.75 Å². The summed E-state index contributed by atoms with van der Waals surface area (Å²) in [6.07, 6.45) is 4.71. The van der Waals surface area contributed by atoms with E-state index in [1.165, 1.54) is 6.42 Å². The number of para-hydroxylation sites is 1. The summed E-state index contributed by atoms with van der Waals surface area (Å²) in [6, 6.07) is 17.8. The fraction of sp³-hybridized carbons (Fsp3) is 0.441. The third kappa shape index (κ3) is 7.07. The number of fused-ring (bicyclic) bond motifs is 2. The number of aliphatic hydroxyl groups excluding tert-OH is 1. The molecule has 3 atom stereocenters. The summed E-state index contributed by atoms with van der Waals surface area (Å²) in [4.78, 5) is 43.4. The quantitative estimate of drug-likeness (QED) is 0.278. The van der Waals surface area contributed by atoms with E-state index in [1.54, 1.807) is 42.0 Å². The maximum Gasteiger partial charge on any atom is 0.321 e. The van der Waals surface area contributed by atoms with Gasteiger partial charge in [0.2, 0.25) is 0 Å². The minimum Gasteiger partial charge on any atom is -0.485 e. The number of anilines is 2. The van der Waals surface area contributed by atoms with E-state index in [2.05, 4.69) is 16.0 Å². The molecule has 3 aromatic rings. The van der Waals surface area contributed by atoms with Crippen LogP contribution in [0.25, 0.3) is 10.8 Å². The van der Waals surface area contributed by atoms with Crippen molar-refractivity contribution in [2.45, 2.75) is 64.1 Å². The highest BCUT2D eigenvalue weighted by Gasteiger charge is 2.35. The average Bonchev–Trinajstić information content (AvgIpc) is 3.03. The number of hydrogen-bond acceptors (Lipinski definition) is 5. The third-order valence-corrected chi connectivity index (χ3v) is 8.71.